The number of nitro benzene ring substituents is 1. The zero-order chi connectivity index (χ0) is 23.9. The van der Waals surface area contributed by atoms with Crippen LogP contribution >= 0.6 is 0 Å². The van der Waals surface area contributed by atoms with E-state index in [4.69, 9.17) is 9.97 Å². The molecule has 1 aromatic heterocycles. The van der Waals surface area contributed by atoms with Crippen LogP contribution in [0.3, 0.4) is 0 Å². The molecule has 1 heterocycles. The lowest BCUT2D eigenvalue weighted by atomic mass is 9.63. The van der Waals surface area contributed by atoms with Crippen LogP contribution in [0.5, 0.6) is 0 Å². The number of amides is 1. The Bertz CT molecular complexity index is 1540. The van der Waals surface area contributed by atoms with Crippen molar-refractivity contribution in [1.29, 1.82) is 0 Å². The van der Waals surface area contributed by atoms with Crippen molar-refractivity contribution < 1.29 is 9.72 Å². The van der Waals surface area contributed by atoms with Crippen molar-refractivity contribution in [2.45, 2.75) is 44.4 Å². The number of nitrogens with one attached hydrogen (secondary N) is 1. The molecule has 7 heteroatoms. The predicted octanol–water partition coefficient (Wildman–Crippen LogP) is 5.66. The lowest BCUT2D eigenvalue weighted by molar-refractivity contribution is -0.384. The summed E-state index contributed by atoms with van der Waals surface area (Å²) in [5.41, 5.74) is 1.59. The second-order valence-electron chi connectivity index (χ2n) is 10.2. The number of aromatic nitrogens is 2. The summed E-state index contributed by atoms with van der Waals surface area (Å²) in [5.74, 6) is -0.101. The first-order valence-electron chi connectivity index (χ1n) is 11.5. The number of nitro groups is 1. The first kappa shape index (κ1) is 20.7. The Morgan fingerprint density at radius 1 is 0.941 bits per heavy atom. The van der Waals surface area contributed by atoms with Gasteiger partial charge >= 0.3 is 0 Å². The molecule has 0 radical (unpaired) electrons. The topological polar surface area (TPSA) is 98.0 Å². The third kappa shape index (κ3) is 2.39. The largest absolute Gasteiger partial charge is 0.325 e. The number of hydrogen-bond acceptors (Lipinski definition) is 5. The van der Waals surface area contributed by atoms with Gasteiger partial charge in [0.1, 0.15) is 0 Å². The molecule has 1 saturated carbocycles. The van der Waals surface area contributed by atoms with Crippen LogP contribution in [-0.2, 0) is 15.6 Å². The average Bonchev–Trinajstić information content (AvgIpc) is 3.12. The molecule has 170 valence electrons. The highest BCUT2D eigenvalue weighted by Crippen LogP contribution is 2.70. The van der Waals surface area contributed by atoms with E-state index in [0.717, 1.165) is 28.6 Å². The lowest BCUT2D eigenvalue weighted by Gasteiger charge is -2.39. The number of anilines is 1. The van der Waals surface area contributed by atoms with E-state index in [2.05, 4.69) is 26.1 Å². The van der Waals surface area contributed by atoms with E-state index >= 15 is 0 Å². The van der Waals surface area contributed by atoms with Crippen molar-refractivity contribution >= 4 is 39.1 Å². The Hall–Kier alpha value is -3.87. The van der Waals surface area contributed by atoms with Crippen LogP contribution in [0.2, 0.25) is 0 Å². The minimum Gasteiger partial charge on any atom is -0.325 e. The Morgan fingerprint density at radius 2 is 1.68 bits per heavy atom. The summed E-state index contributed by atoms with van der Waals surface area (Å²) >= 11 is 0. The molecule has 4 aromatic rings. The Morgan fingerprint density at radius 3 is 2.47 bits per heavy atom. The van der Waals surface area contributed by atoms with Crippen molar-refractivity contribution in [3.63, 3.8) is 0 Å². The SMILES string of the molecule is CC12CCC(C(=O)Nc3cccc4ccccc34)(c3nc4cc([N+](=O)[O-])ccc4nc31)C2(C)C. The molecule has 6 rings (SSSR count). The fourth-order valence-corrected chi connectivity index (χ4v) is 6.27. The van der Waals surface area contributed by atoms with Gasteiger partial charge in [0, 0.05) is 28.6 Å². The maximum absolute atomic E-state index is 14.2. The zero-order valence-electron chi connectivity index (χ0n) is 19.3. The van der Waals surface area contributed by atoms with E-state index in [-0.39, 0.29) is 17.0 Å². The number of benzene rings is 3. The van der Waals surface area contributed by atoms with Gasteiger partial charge in [-0.15, -0.1) is 0 Å². The van der Waals surface area contributed by atoms with Crippen LogP contribution in [-0.4, -0.2) is 20.8 Å². The van der Waals surface area contributed by atoms with E-state index in [0.29, 0.717) is 23.1 Å². The first-order chi connectivity index (χ1) is 16.2. The van der Waals surface area contributed by atoms with Crippen molar-refractivity contribution in [2.75, 3.05) is 5.32 Å². The van der Waals surface area contributed by atoms with Crippen molar-refractivity contribution in [2.24, 2.45) is 5.41 Å². The molecule has 2 unspecified atom stereocenters. The third-order valence-corrected chi connectivity index (χ3v) is 8.66. The Balaban J connectivity index is 1.54. The second kappa shape index (κ2) is 6.59. The lowest BCUT2D eigenvalue weighted by Crippen LogP contribution is -2.48. The molecule has 0 saturated heterocycles. The van der Waals surface area contributed by atoms with Crippen LogP contribution in [0.4, 0.5) is 11.4 Å². The third-order valence-electron chi connectivity index (χ3n) is 8.66. The summed E-state index contributed by atoms with van der Waals surface area (Å²) in [6.45, 7) is 6.41. The van der Waals surface area contributed by atoms with E-state index in [9.17, 15) is 14.9 Å². The molecule has 0 aliphatic heterocycles. The summed E-state index contributed by atoms with van der Waals surface area (Å²) < 4.78 is 0. The van der Waals surface area contributed by atoms with Crippen LogP contribution < -0.4 is 5.32 Å². The van der Waals surface area contributed by atoms with Crippen LogP contribution in [0, 0.1) is 15.5 Å². The highest BCUT2D eigenvalue weighted by atomic mass is 16.6. The van der Waals surface area contributed by atoms with Gasteiger partial charge in [0.05, 0.1) is 32.8 Å². The number of non-ortho nitro benzene ring substituents is 1. The molecule has 2 aliphatic rings. The molecular formula is C27H24N4O3. The Kier molecular flexibility index (Phi) is 4.02. The minimum absolute atomic E-state index is 0.0374. The maximum atomic E-state index is 14.2. The van der Waals surface area contributed by atoms with E-state index in [1.807, 2.05) is 42.5 Å². The first-order valence-corrected chi connectivity index (χ1v) is 11.5. The van der Waals surface area contributed by atoms with Gasteiger partial charge in [-0.2, -0.15) is 0 Å². The fraction of sp³-hybridized carbons (Fsp3) is 0.296. The smallest absolute Gasteiger partial charge is 0.271 e. The standard InChI is InChI=1S/C27H24N4O3/c1-25(2)26(3)13-14-27(25,24(32)30-19-10-6-8-16-7-4-5-9-18(16)19)23-22(26)28-20-12-11-17(31(33)34)15-21(20)29-23/h4-12,15H,13-14H2,1-3H3,(H,30,32). The van der Waals surface area contributed by atoms with Gasteiger partial charge in [-0.3, -0.25) is 14.9 Å². The van der Waals surface area contributed by atoms with Gasteiger partial charge in [0.15, 0.2) is 0 Å². The number of rotatable bonds is 3. The minimum atomic E-state index is -0.889. The molecule has 2 atom stereocenters. The van der Waals surface area contributed by atoms with Gasteiger partial charge in [0.25, 0.3) is 5.69 Å². The molecule has 1 fully saturated rings. The molecule has 7 nitrogen and oxygen atoms in total. The van der Waals surface area contributed by atoms with Crippen LogP contribution in [0.15, 0.2) is 60.7 Å². The number of fused-ring (bicyclic) bond motifs is 7. The molecule has 1 amide bonds. The van der Waals surface area contributed by atoms with E-state index in [1.54, 1.807) is 6.07 Å². The van der Waals surface area contributed by atoms with Crippen LogP contribution in [0.1, 0.15) is 45.0 Å². The summed E-state index contributed by atoms with van der Waals surface area (Å²) in [6, 6.07) is 18.4. The molecule has 0 spiro atoms. The normalized spacial score (nSPS) is 24.3. The molecule has 3 aromatic carbocycles. The monoisotopic (exact) mass is 452 g/mol. The highest BCUT2D eigenvalue weighted by Gasteiger charge is 2.73. The number of nitrogens with zero attached hydrogens (tertiary/aromatic N) is 3. The van der Waals surface area contributed by atoms with Crippen molar-refractivity contribution in [3.05, 3.63) is 82.2 Å². The number of hydrogen-bond donors (Lipinski definition) is 1. The summed E-state index contributed by atoms with van der Waals surface area (Å²) in [7, 11) is 0. The summed E-state index contributed by atoms with van der Waals surface area (Å²) in [4.78, 5) is 34.9. The quantitative estimate of drug-likeness (QED) is 0.319. The summed E-state index contributed by atoms with van der Waals surface area (Å²) in [5, 5.41) is 16.6. The molecule has 1 N–H and O–H groups in total. The second-order valence-corrected chi connectivity index (χ2v) is 10.2. The van der Waals surface area contributed by atoms with Crippen molar-refractivity contribution in [1.82, 2.24) is 9.97 Å². The van der Waals surface area contributed by atoms with Gasteiger partial charge in [-0.25, -0.2) is 9.97 Å². The van der Waals surface area contributed by atoms with Gasteiger partial charge in [-0.05, 0) is 35.8 Å². The van der Waals surface area contributed by atoms with Gasteiger partial charge in [-0.1, -0.05) is 57.2 Å². The zero-order valence-corrected chi connectivity index (χ0v) is 19.3. The average molecular weight is 453 g/mol. The number of carbonyl (C=O) groups is 1. The van der Waals surface area contributed by atoms with Gasteiger partial charge in [0.2, 0.25) is 5.91 Å². The van der Waals surface area contributed by atoms with Crippen LogP contribution in [0.25, 0.3) is 21.8 Å². The molecule has 2 aliphatic carbocycles. The molecule has 34 heavy (non-hydrogen) atoms. The number of carbonyl (C=O) groups excluding carboxylic acids is 1. The predicted molar refractivity (Wildman–Crippen MR) is 131 cm³/mol. The maximum Gasteiger partial charge on any atom is 0.271 e. The molecular weight excluding hydrogens is 428 g/mol. The fourth-order valence-electron chi connectivity index (χ4n) is 6.27. The van der Waals surface area contributed by atoms with E-state index in [1.165, 1.54) is 12.1 Å². The highest BCUT2D eigenvalue weighted by molar-refractivity contribution is 6.07. The van der Waals surface area contributed by atoms with Gasteiger partial charge < -0.3 is 5.32 Å². The summed E-state index contributed by atoms with van der Waals surface area (Å²) in [6.07, 6.45) is 1.47. The Labute approximate surface area is 196 Å². The van der Waals surface area contributed by atoms with Crippen molar-refractivity contribution in [3.8, 4) is 0 Å². The molecule has 2 bridgehead atoms. The van der Waals surface area contributed by atoms with E-state index < -0.39 is 15.8 Å².